The van der Waals surface area contributed by atoms with Crippen LogP contribution in [0.15, 0.2) is 75.7 Å². The zero-order chi connectivity index (χ0) is 24.3. The number of thiophene rings is 1. The first-order chi connectivity index (χ1) is 16.8. The van der Waals surface area contributed by atoms with Gasteiger partial charge in [0.1, 0.15) is 0 Å². The van der Waals surface area contributed by atoms with Gasteiger partial charge in [0.25, 0.3) is 5.56 Å². The SMILES string of the molecule is CN(C)c1cccc2c(S(=O)(=O)N3C[C@@H]4C[C@H](C3)c3ccc(-c5cccs5)c(=O)n3C4)cccc12. The maximum absolute atomic E-state index is 13.9. The highest BCUT2D eigenvalue weighted by Crippen LogP contribution is 2.39. The van der Waals surface area contributed by atoms with E-state index in [1.165, 1.54) is 0 Å². The Labute approximate surface area is 209 Å². The average molecular weight is 506 g/mol. The molecule has 0 unspecified atom stereocenters. The number of fused-ring (bicyclic) bond motifs is 5. The Morgan fingerprint density at radius 3 is 2.49 bits per heavy atom. The van der Waals surface area contributed by atoms with Gasteiger partial charge in [-0.25, -0.2) is 8.42 Å². The molecule has 0 amide bonds. The van der Waals surface area contributed by atoms with Crippen molar-refractivity contribution in [3.8, 4) is 10.4 Å². The van der Waals surface area contributed by atoms with Gasteiger partial charge in [0.15, 0.2) is 0 Å². The molecule has 8 heteroatoms. The second-order valence-electron chi connectivity index (χ2n) is 9.71. The van der Waals surface area contributed by atoms with Crippen molar-refractivity contribution >= 4 is 37.8 Å². The standard InChI is InChI=1S/C27H27N3O3S2/c1-28(2)24-8-3-7-21-20(24)6-4-10-26(21)35(32,33)29-15-18-14-19(17-29)23-12-11-22(25-9-5-13-34-25)27(31)30(23)16-18/h3-13,18-19H,14-17H2,1-2H3/t18-,19+/m0/s1. The molecule has 0 spiro atoms. The van der Waals surface area contributed by atoms with Crippen LogP contribution in [0, 0.1) is 5.92 Å². The maximum atomic E-state index is 13.9. The summed E-state index contributed by atoms with van der Waals surface area (Å²) in [7, 11) is 0.226. The Hall–Kier alpha value is -2.94. The summed E-state index contributed by atoms with van der Waals surface area (Å²) < 4.78 is 31.4. The number of piperidine rings is 1. The minimum atomic E-state index is -3.70. The highest BCUT2D eigenvalue weighted by Gasteiger charge is 2.40. The van der Waals surface area contributed by atoms with Crippen molar-refractivity contribution in [2.75, 3.05) is 32.1 Å². The Balaban J connectivity index is 1.38. The third-order valence-electron chi connectivity index (χ3n) is 7.32. The van der Waals surface area contributed by atoms with Crippen LogP contribution >= 0.6 is 11.3 Å². The summed E-state index contributed by atoms with van der Waals surface area (Å²) in [5.41, 5.74) is 2.69. The molecule has 0 N–H and O–H groups in total. The number of pyridine rings is 1. The van der Waals surface area contributed by atoms with Crippen molar-refractivity contribution in [1.82, 2.24) is 8.87 Å². The fourth-order valence-electron chi connectivity index (χ4n) is 5.74. The molecule has 1 saturated heterocycles. The van der Waals surface area contributed by atoms with Gasteiger partial charge in [0, 0.05) is 66.7 Å². The Kier molecular flexibility index (Phi) is 5.36. The van der Waals surface area contributed by atoms with Gasteiger partial charge < -0.3 is 9.47 Å². The molecule has 0 radical (unpaired) electrons. The van der Waals surface area contributed by atoms with Gasteiger partial charge in [0.2, 0.25) is 10.0 Å². The number of hydrogen-bond acceptors (Lipinski definition) is 5. The normalized spacial score (nSPS) is 20.1. The molecule has 2 atom stereocenters. The lowest BCUT2D eigenvalue weighted by molar-refractivity contribution is 0.186. The van der Waals surface area contributed by atoms with Gasteiger partial charge in [-0.2, -0.15) is 4.31 Å². The van der Waals surface area contributed by atoms with E-state index in [1.54, 1.807) is 21.7 Å². The van der Waals surface area contributed by atoms with Crippen LogP contribution in [0.4, 0.5) is 5.69 Å². The quantitative estimate of drug-likeness (QED) is 0.407. The molecular formula is C27H27N3O3S2. The predicted octanol–water partition coefficient (Wildman–Crippen LogP) is 4.60. The first-order valence-corrected chi connectivity index (χ1v) is 14.1. The predicted molar refractivity (Wildman–Crippen MR) is 142 cm³/mol. The maximum Gasteiger partial charge on any atom is 0.259 e. The van der Waals surface area contributed by atoms with Crippen molar-refractivity contribution in [2.24, 2.45) is 5.92 Å². The summed E-state index contributed by atoms with van der Waals surface area (Å²) in [4.78, 5) is 16.6. The van der Waals surface area contributed by atoms with E-state index in [-0.39, 0.29) is 17.4 Å². The Morgan fingerprint density at radius 2 is 1.71 bits per heavy atom. The fourth-order valence-corrected chi connectivity index (χ4v) is 8.25. The summed E-state index contributed by atoms with van der Waals surface area (Å²) >= 11 is 1.56. The van der Waals surface area contributed by atoms with Crippen molar-refractivity contribution in [3.05, 3.63) is 82.1 Å². The number of sulfonamides is 1. The molecule has 2 aromatic carbocycles. The number of benzene rings is 2. The molecule has 1 fully saturated rings. The van der Waals surface area contributed by atoms with Crippen LogP contribution in [-0.2, 0) is 16.6 Å². The largest absolute Gasteiger partial charge is 0.377 e. The molecule has 2 aliphatic rings. The lowest BCUT2D eigenvalue weighted by Gasteiger charge is -2.42. The summed E-state index contributed by atoms with van der Waals surface area (Å²) in [6.07, 6.45) is 0.907. The summed E-state index contributed by atoms with van der Waals surface area (Å²) in [5, 5.41) is 3.64. The molecule has 2 aromatic heterocycles. The molecule has 35 heavy (non-hydrogen) atoms. The average Bonchev–Trinajstić information content (AvgIpc) is 3.38. The molecular weight excluding hydrogens is 478 g/mol. The van der Waals surface area contributed by atoms with Gasteiger partial charge in [0.05, 0.1) is 10.5 Å². The van der Waals surface area contributed by atoms with Crippen molar-refractivity contribution in [1.29, 1.82) is 0 Å². The molecule has 180 valence electrons. The van der Waals surface area contributed by atoms with Crippen LogP contribution in [0.3, 0.4) is 0 Å². The van der Waals surface area contributed by atoms with Gasteiger partial charge >= 0.3 is 0 Å². The highest BCUT2D eigenvalue weighted by atomic mass is 32.2. The topological polar surface area (TPSA) is 62.6 Å². The van der Waals surface area contributed by atoms with Crippen LogP contribution < -0.4 is 10.5 Å². The van der Waals surface area contributed by atoms with Crippen LogP contribution in [-0.4, -0.2) is 44.5 Å². The lowest BCUT2D eigenvalue weighted by Crippen LogP contribution is -2.49. The van der Waals surface area contributed by atoms with Crippen LogP contribution in [0.1, 0.15) is 18.0 Å². The Bertz CT molecular complexity index is 1590. The second-order valence-corrected chi connectivity index (χ2v) is 12.6. The molecule has 4 heterocycles. The third kappa shape index (κ3) is 3.63. The summed E-state index contributed by atoms with van der Waals surface area (Å²) in [5.74, 6) is 0.120. The van der Waals surface area contributed by atoms with Gasteiger partial charge in [-0.3, -0.25) is 4.79 Å². The van der Waals surface area contributed by atoms with Gasteiger partial charge in [-0.15, -0.1) is 11.3 Å². The summed E-state index contributed by atoms with van der Waals surface area (Å²) in [6, 6.07) is 19.2. The van der Waals surface area contributed by atoms with E-state index >= 15 is 0 Å². The minimum Gasteiger partial charge on any atom is -0.377 e. The molecule has 4 aromatic rings. The molecule has 6 nitrogen and oxygen atoms in total. The van der Waals surface area contributed by atoms with Crippen LogP contribution in [0.2, 0.25) is 0 Å². The van der Waals surface area contributed by atoms with Crippen LogP contribution in [0.5, 0.6) is 0 Å². The van der Waals surface area contributed by atoms with Crippen molar-refractivity contribution in [3.63, 3.8) is 0 Å². The Morgan fingerprint density at radius 1 is 0.914 bits per heavy atom. The molecule has 0 saturated carbocycles. The molecule has 6 rings (SSSR count). The zero-order valence-electron chi connectivity index (χ0n) is 19.7. The lowest BCUT2D eigenvalue weighted by atomic mass is 9.84. The van der Waals surface area contributed by atoms with Crippen LogP contribution in [0.25, 0.3) is 21.2 Å². The smallest absolute Gasteiger partial charge is 0.259 e. The number of rotatable bonds is 4. The second kappa shape index (κ2) is 8.33. The summed E-state index contributed by atoms with van der Waals surface area (Å²) in [6.45, 7) is 1.37. The number of hydrogen-bond donors (Lipinski definition) is 0. The van der Waals surface area contributed by atoms with Crippen molar-refractivity contribution in [2.45, 2.75) is 23.8 Å². The van der Waals surface area contributed by atoms with Gasteiger partial charge in [-0.05, 0) is 48.1 Å². The first kappa shape index (κ1) is 22.5. The van der Waals surface area contributed by atoms with Gasteiger partial charge in [-0.1, -0.05) is 30.3 Å². The number of nitrogens with zero attached hydrogens (tertiary/aromatic N) is 3. The number of anilines is 1. The molecule has 0 aliphatic carbocycles. The minimum absolute atomic E-state index is 0.00896. The van der Waals surface area contributed by atoms with E-state index in [9.17, 15) is 13.2 Å². The van der Waals surface area contributed by atoms with E-state index in [0.717, 1.165) is 39.0 Å². The van der Waals surface area contributed by atoms with E-state index in [0.29, 0.717) is 24.5 Å². The monoisotopic (exact) mass is 505 g/mol. The van der Waals surface area contributed by atoms with E-state index < -0.39 is 10.0 Å². The van der Waals surface area contributed by atoms with E-state index in [1.807, 2.05) is 83.5 Å². The third-order valence-corrected chi connectivity index (χ3v) is 10.1. The van der Waals surface area contributed by atoms with E-state index in [2.05, 4.69) is 0 Å². The van der Waals surface area contributed by atoms with E-state index in [4.69, 9.17) is 0 Å². The fraction of sp³-hybridized carbons (Fsp3) is 0.296. The molecule has 2 bridgehead atoms. The van der Waals surface area contributed by atoms with Crippen molar-refractivity contribution < 1.29 is 8.42 Å². The highest BCUT2D eigenvalue weighted by molar-refractivity contribution is 7.89. The number of aromatic nitrogens is 1. The molecule has 2 aliphatic heterocycles. The zero-order valence-corrected chi connectivity index (χ0v) is 21.3. The first-order valence-electron chi connectivity index (χ1n) is 11.8.